The third-order valence-corrected chi connectivity index (χ3v) is 8.39. The molecule has 1 aromatic rings. The van der Waals surface area contributed by atoms with Gasteiger partial charge < -0.3 is 10.1 Å². The molecule has 1 N–H and O–H groups in total. The van der Waals surface area contributed by atoms with Gasteiger partial charge in [0.25, 0.3) is 0 Å². The van der Waals surface area contributed by atoms with Gasteiger partial charge in [0.2, 0.25) is 5.91 Å². The van der Waals surface area contributed by atoms with Gasteiger partial charge in [0.15, 0.2) is 0 Å². The summed E-state index contributed by atoms with van der Waals surface area (Å²) in [7, 11) is 0. The van der Waals surface area contributed by atoms with Crippen LogP contribution in [-0.2, 0) is 14.9 Å². The number of carbonyl (C=O) groups excluding carboxylic acids is 1. The monoisotopic (exact) mass is 452 g/mol. The Morgan fingerprint density at radius 3 is 2.48 bits per heavy atom. The summed E-state index contributed by atoms with van der Waals surface area (Å²) in [6.45, 7) is 4.34. The van der Waals surface area contributed by atoms with Crippen molar-refractivity contribution in [2.75, 3.05) is 44.4 Å². The molecular weight excluding hydrogens is 424 g/mol. The fourth-order valence-corrected chi connectivity index (χ4v) is 6.69. The summed E-state index contributed by atoms with van der Waals surface area (Å²) in [5.41, 5.74) is 0.921. The summed E-state index contributed by atoms with van der Waals surface area (Å²) < 4.78 is 6.62. The van der Waals surface area contributed by atoms with Crippen molar-refractivity contribution in [3.05, 3.63) is 34.3 Å². The molecule has 27 heavy (non-hydrogen) atoms. The molecule has 1 saturated carbocycles. The van der Waals surface area contributed by atoms with Crippen LogP contribution in [0.4, 0.5) is 0 Å². The zero-order valence-electron chi connectivity index (χ0n) is 15.8. The first kappa shape index (κ1) is 19.7. The van der Waals surface area contributed by atoms with Crippen LogP contribution in [-0.4, -0.2) is 60.7 Å². The lowest BCUT2D eigenvalue weighted by Gasteiger charge is -2.43. The molecule has 2 heterocycles. The maximum absolute atomic E-state index is 13.5. The Bertz CT molecular complexity index is 649. The van der Waals surface area contributed by atoms with Crippen molar-refractivity contribution in [1.82, 2.24) is 10.2 Å². The van der Waals surface area contributed by atoms with Crippen LogP contribution in [0.1, 0.15) is 37.7 Å². The van der Waals surface area contributed by atoms with E-state index in [9.17, 15) is 4.79 Å². The third kappa shape index (κ3) is 3.96. The maximum atomic E-state index is 13.5. The molecule has 0 bridgehead atoms. The molecule has 0 spiro atoms. The van der Waals surface area contributed by atoms with Gasteiger partial charge in [-0.15, -0.1) is 0 Å². The Kier molecular flexibility index (Phi) is 6.17. The van der Waals surface area contributed by atoms with Crippen molar-refractivity contribution in [3.63, 3.8) is 0 Å². The second kappa shape index (κ2) is 8.44. The molecule has 6 heteroatoms. The van der Waals surface area contributed by atoms with Crippen LogP contribution in [0.25, 0.3) is 0 Å². The van der Waals surface area contributed by atoms with E-state index in [0.717, 1.165) is 75.2 Å². The minimum absolute atomic E-state index is 0.101. The van der Waals surface area contributed by atoms with E-state index >= 15 is 0 Å². The van der Waals surface area contributed by atoms with E-state index in [0.29, 0.717) is 0 Å². The number of hydrogen-bond acceptors (Lipinski definition) is 4. The fraction of sp³-hybridized carbons (Fsp3) is 0.667. The Hall–Kier alpha value is -0.560. The number of benzene rings is 1. The van der Waals surface area contributed by atoms with Gasteiger partial charge in [-0.1, -0.05) is 40.9 Å². The maximum Gasteiger partial charge on any atom is 0.230 e. The van der Waals surface area contributed by atoms with Crippen molar-refractivity contribution in [3.8, 4) is 0 Å². The zero-order valence-corrected chi connectivity index (χ0v) is 18.2. The topological polar surface area (TPSA) is 41.6 Å². The lowest BCUT2D eigenvalue weighted by Crippen LogP contribution is -2.60. The smallest absolute Gasteiger partial charge is 0.230 e. The van der Waals surface area contributed by atoms with Gasteiger partial charge in [0.1, 0.15) is 0 Å². The summed E-state index contributed by atoms with van der Waals surface area (Å²) in [4.78, 5) is 16.0. The molecule has 1 aromatic carbocycles. The average molecular weight is 453 g/mol. The van der Waals surface area contributed by atoms with E-state index in [4.69, 9.17) is 4.74 Å². The van der Waals surface area contributed by atoms with E-state index in [1.165, 1.54) is 11.3 Å². The van der Waals surface area contributed by atoms with Crippen molar-refractivity contribution < 1.29 is 9.53 Å². The van der Waals surface area contributed by atoms with Crippen LogP contribution in [0.15, 0.2) is 28.7 Å². The molecule has 0 aromatic heterocycles. The van der Waals surface area contributed by atoms with E-state index in [1.807, 2.05) is 11.8 Å². The van der Waals surface area contributed by atoms with E-state index in [2.05, 4.69) is 50.4 Å². The molecule has 1 unspecified atom stereocenters. The van der Waals surface area contributed by atoms with Crippen LogP contribution in [0.3, 0.4) is 0 Å². The molecule has 1 amide bonds. The molecule has 1 atom stereocenters. The Labute approximate surface area is 174 Å². The number of amides is 1. The van der Waals surface area contributed by atoms with Crippen molar-refractivity contribution in [2.24, 2.45) is 0 Å². The third-order valence-electron chi connectivity index (χ3n) is 6.63. The van der Waals surface area contributed by atoms with Gasteiger partial charge in [0.05, 0.1) is 18.6 Å². The SMILES string of the molecule is O=C(NCC1(N2CCOCC2)CCSC1)C1(c2ccc(Br)cc2)CCCC1. The van der Waals surface area contributed by atoms with Crippen LogP contribution in [0, 0.1) is 0 Å². The van der Waals surface area contributed by atoms with E-state index < -0.39 is 0 Å². The molecule has 0 radical (unpaired) electrons. The van der Waals surface area contributed by atoms with Crippen LogP contribution >= 0.6 is 27.7 Å². The summed E-state index contributed by atoms with van der Waals surface area (Å²) in [5.74, 6) is 2.52. The number of carbonyl (C=O) groups is 1. The minimum Gasteiger partial charge on any atom is -0.379 e. The van der Waals surface area contributed by atoms with Gasteiger partial charge in [-0.05, 0) is 42.7 Å². The number of nitrogens with zero attached hydrogens (tertiary/aromatic N) is 1. The standard InChI is InChI=1S/C21H29BrN2O2S/c22-18-5-3-17(4-6-18)21(7-1-2-8-21)19(25)23-15-20(9-14-27-16-20)24-10-12-26-13-11-24/h3-6H,1-2,7-16H2,(H,23,25). The molecular formula is C21H29BrN2O2S. The van der Waals surface area contributed by atoms with Crippen LogP contribution in [0.5, 0.6) is 0 Å². The molecule has 1 aliphatic carbocycles. The highest BCUT2D eigenvalue weighted by molar-refractivity contribution is 9.10. The summed E-state index contributed by atoms with van der Waals surface area (Å²) in [5, 5.41) is 3.41. The lowest BCUT2D eigenvalue weighted by molar-refractivity contribution is -0.127. The highest BCUT2D eigenvalue weighted by Crippen LogP contribution is 2.42. The molecule has 2 aliphatic heterocycles. The number of thioether (sulfide) groups is 1. The summed E-state index contributed by atoms with van der Waals surface area (Å²) >= 11 is 5.53. The largest absolute Gasteiger partial charge is 0.379 e. The number of morpholine rings is 1. The van der Waals surface area contributed by atoms with Crippen LogP contribution in [0.2, 0.25) is 0 Å². The Morgan fingerprint density at radius 1 is 1.15 bits per heavy atom. The number of halogens is 1. The zero-order chi connectivity index (χ0) is 18.7. The second-order valence-corrected chi connectivity index (χ2v) is 10.1. The highest BCUT2D eigenvalue weighted by Gasteiger charge is 2.45. The van der Waals surface area contributed by atoms with Crippen molar-refractivity contribution >= 4 is 33.6 Å². The second-order valence-electron chi connectivity index (χ2n) is 8.11. The Morgan fingerprint density at radius 2 is 1.85 bits per heavy atom. The van der Waals surface area contributed by atoms with Crippen molar-refractivity contribution in [2.45, 2.75) is 43.1 Å². The predicted molar refractivity (Wildman–Crippen MR) is 114 cm³/mol. The minimum atomic E-state index is -0.349. The predicted octanol–water partition coefficient (Wildman–Crippen LogP) is 3.59. The Balaban J connectivity index is 1.50. The number of hydrogen-bond donors (Lipinski definition) is 1. The van der Waals surface area contributed by atoms with Crippen molar-refractivity contribution in [1.29, 1.82) is 0 Å². The fourth-order valence-electron chi connectivity index (χ4n) is 4.94. The van der Waals surface area contributed by atoms with Crippen LogP contribution < -0.4 is 5.32 Å². The van der Waals surface area contributed by atoms with Gasteiger partial charge in [-0.3, -0.25) is 9.69 Å². The lowest BCUT2D eigenvalue weighted by atomic mass is 9.77. The number of nitrogens with one attached hydrogen (secondary N) is 1. The number of ether oxygens (including phenoxy) is 1. The van der Waals surface area contributed by atoms with Gasteiger partial charge in [-0.25, -0.2) is 0 Å². The van der Waals surface area contributed by atoms with E-state index in [-0.39, 0.29) is 16.9 Å². The average Bonchev–Trinajstić information content (AvgIpc) is 3.39. The molecule has 4 nitrogen and oxygen atoms in total. The van der Waals surface area contributed by atoms with E-state index in [1.54, 1.807) is 0 Å². The normalized spacial score (nSPS) is 28.3. The summed E-state index contributed by atoms with van der Waals surface area (Å²) in [6.07, 6.45) is 5.34. The van der Waals surface area contributed by atoms with Gasteiger partial charge in [-0.2, -0.15) is 11.8 Å². The van der Waals surface area contributed by atoms with Gasteiger partial charge >= 0.3 is 0 Å². The van der Waals surface area contributed by atoms with Gasteiger partial charge in [0, 0.05) is 35.4 Å². The highest BCUT2D eigenvalue weighted by atomic mass is 79.9. The molecule has 3 fully saturated rings. The first-order valence-electron chi connectivity index (χ1n) is 10.1. The first-order chi connectivity index (χ1) is 13.1. The molecule has 148 valence electrons. The molecule has 3 aliphatic rings. The first-order valence-corrected chi connectivity index (χ1v) is 12.0. The quantitative estimate of drug-likeness (QED) is 0.740. The molecule has 4 rings (SSSR count). The summed E-state index contributed by atoms with van der Waals surface area (Å²) in [6, 6.07) is 8.37. The number of rotatable bonds is 5. The molecule has 2 saturated heterocycles.